The predicted molar refractivity (Wildman–Crippen MR) is 92.7 cm³/mol. The molecule has 21 heavy (non-hydrogen) atoms. The summed E-state index contributed by atoms with van der Waals surface area (Å²) >= 11 is 7.15. The summed E-state index contributed by atoms with van der Waals surface area (Å²) in [6, 6.07) is 15.2. The third kappa shape index (κ3) is 3.33. The molecule has 0 aliphatic carbocycles. The number of halogens is 2. The van der Waals surface area contributed by atoms with Crippen LogP contribution in [-0.4, -0.2) is 6.61 Å². The van der Waals surface area contributed by atoms with Gasteiger partial charge in [0.05, 0.1) is 6.61 Å². The van der Waals surface area contributed by atoms with E-state index in [2.05, 4.69) is 74.4 Å². The number of benzene rings is 2. The van der Waals surface area contributed by atoms with Crippen LogP contribution in [-0.2, 0) is 0 Å². The van der Waals surface area contributed by atoms with Crippen LogP contribution in [0.25, 0.3) is 0 Å². The minimum Gasteiger partial charge on any atom is -0.493 e. The van der Waals surface area contributed by atoms with Crippen LogP contribution in [0.2, 0.25) is 0 Å². The van der Waals surface area contributed by atoms with E-state index in [-0.39, 0.29) is 6.04 Å². The molecule has 2 aromatic carbocycles. The van der Waals surface area contributed by atoms with Crippen LogP contribution in [0.5, 0.6) is 5.75 Å². The van der Waals surface area contributed by atoms with Crippen molar-refractivity contribution < 1.29 is 4.74 Å². The van der Waals surface area contributed by atoms with Crippen LogP contribution in [0.4, 0.5) is 0 Å². The summed E-state index contributed by atoms with van der Waals surface area (Å²) in [6.45, 7) is 2.97. The van der Waals surface area contributed by atoms with E-state index >= 15 is 0 Å². The van der Waals surface area contributed by atoms with Gasteiger partial charge in [-0.25, -0.2) is 0 Å². The summed E-state index contributed by atoms with van der Waals surface area (Å²) in [5.74, 6) is 1.00. The molecule has 1 N–H and O–H groups in total. The molecule has 0 saturated heterocycles. The van der Waals surface area contributed by atoms with E-state index in [0.717, 1.165) is 27.7 Å². The molecular weight excluding hydrogens is 394 g/mol. The lowest BCUT2D eigenvalue weighted by atomic mass is 9.98. The first-order valence-electron chi connectivity index (χ1n) is 7.08. The lowest BCUT2D eigenvalue weighted by Gasteiger charge is -2.29. The summed E-state index contributed by atoms with van der Waals surface area (Å²) < 4.78 is 7.93. The molecule has 2 atom stereocenters. The summed E-state index contributed by atoms with van der Waals surface area (Å²) in [6.07, 6.45) is 0.996. The zero-order valence-corrected chi connectivity index (χ0v) is 14.9. The van der Waals surface area contributed by atoms with Crippen LogP contribution >= 0.6 is 31.9 Å². The van der Waals surface area contributed by atoms with Gasteiger partial charge in [-0.1, -0.05) is 56.1 Å². The number of para-hydroxylation sites is 1. The van der Waals surface area contributed by atoms with Gasteiger partial charge in [-0.05, 0) is 30.7 Å². The van der Waals surface area contributed by atoms with Crippen molar-refractivity contribution in [3.8, 4) is 5.75 Å². The van der Waals surface area contributed by atoms with Gasteiger partial charge in [-0.2, -0.15) is 0 Å². The van der Waals surface area contributed by atoms with Gasteiger partial charge in [0.2, 0.25) is 0 Å². The number of nitrogens with one attached hydrogen (secondary N) is 1. The molecule has 2 aromatic rings. The fraction of sp³-hybridized carbons (Fsp3) is 0.294. The van der Waals surface area contributed by atoms with E-state index < -0.39 is 0 Å². The Morgan fingerprint density at radius 2 is 2.00 bits per heavy atom. The second-order valence-corrected chi connectivity index (χ2v) is 7.05. The van der Waals surface area contributed by atoms with Crippen LogP contribution in [0, 0.1) is 0 Å². The summed E-state index contributed by atoms with van der Waals surface area (Å²) in [5.41, 5.74) is 2.52. The minimum absolute atomic E-state index is 0.267. The maximum Gasteiger partial charge on any atom is 0.124 e. The second-order valence-electron chi connectivity index (χ2n) is 5.28. The van der Waals surface area contributed by atoms with Gasteiger partial charge in [0.15, 0.2) is 0 Å². The van der Waals surface area contributed by atoms with E-state index in [1.165, 1.54) is 11.1 Å². The van der Waals surface area contributed by atoms with Gasteiger partial charge in [-0.3, -0.25) is 0 Å². The normalized spacial score (nSPS) is 18.7. The van der Waals surface area contributed by atoms with Gasteiger partial charge < -0.3 is 10.1 Å². The highest BCUT2D eigenvalue weighted by molar-refractivity contribution is 9.11. The van der Waals surface area contributed by atoms with Crippen molar-refractivity contribution in [1.29, 1.82) is 0 Å². The van der Waals surface area contributed by atoms with Crippen LogP contribution in [0.3, 0.4) is 0 Å². The maximum atomic E-state index is 5.72. The van der Waals surface area contributed by atoms with Crippen molar-refractivity contribution in [1.82, 2.24) is 5.32 Å². The fourth-order valence-electron chi connectivity index (χ4n) is 2.76. The molecule has 0 spiro atoms. The van der Waals surface area contributed by atoms with Crippen molar-refractivity contribution >= 4 is 31.9 Å². The molecule has 1 aliphatic heterocycles. The topological polar surface area (TPSA) is 21.3 Å². The van der Waals surface area contributed by atoms with Crippen molar-refractivity contribution in [2.24, 2.45) is 0 Å². The summed E-state index contributed by atoms with van der Waals surface area (Å²) in [5, 5.41) is 3.73. The molecule has 0 fully saturated rings. The van der Waals surface area contributed by atoms with Gasteiger partial charge >= 0.3 is 0 Å². The molecule has 2 unspecified atom stereocenters. The predicted octanol–water partition coefficient (Wildman–Crippen LogP) is 5.39. The Labute approximate surface area is 142 Å². The lowest BCUT2D eigenvalue weighted by Crippen LogP contribution is -2.29. The quantitative estimate of drug-likeness (QED) is 0.732. The van der Waals surface area contributed by atoms with E-state index in [9.17, 15) is 0 Å². The van der Waals surface area contributed by atoms with Crippen molar-refractivity contribution in [2.45, 2.75) is 25.4 Å². The van der Waals surface area contributed by atoms with E-state index in [4.69, 9.17) is 4.74 Å². The molecule has 2 nitrogen and oxygen atoms in total. The third-order valence-electron chi connectivity index (χ3n) is 3.84. The van der Waals surface area contributed by atoms with Crippen LogP contribution in [0.15, 0.2) is 51.4 Å². The highest BCUT2D eigenvalue weighted by Crippen LogP contribution is 2.34. The van der Waals surface area contributed by atoms with Gasteiger partial charge in [0.1, 0.15) is 5.75 Å². The van der Waals surface area contributed by atoms with E-state index in [1.807, 2.05) is 12.1 Å². The summed E-state index contributed by atoms with van der Waals surface area (Å²) in [7, 11) is 0. The molecule has 0 aromatic heterocycles. The highest BCUT2D eigenvalue weighted by Gasteiger charge is 2.23. The Morgan fingerprint density at radius 1 is 1.19 bits per heavy atom. The molecule has 1 aliphatic rings. The van der Waals surface area contributed by atoms with E-state index in [1.54, 1.807) is 0 Å². The molecule has 0 saturated carbocycles. The maximum absolute atomic E-state index is 5.72. The number of rotatable bonds is 3. The number of ether oxygens (including phenoxy) is 1. The monoisotopic (exact) mass is 409 g/mol. The number of fused-ring (bicyclic) bond motifs is 1. The average Bonchev–Trinajstić information content (AvgIpc) is 2.47. The average molecular weight is 411 g/mol. The van der Waals surface area contributed by atoms with Crippen molar-refractivity contribution in [2.75, 3.05) is 6.61 Å². The zero-order chi connectivity index (χ0) is 14.8. The second kappa shape index (κ2) is 6.51. The Hall–Kier alpha value is -0.840. The molecule has 0 amide bonds. The molecule has 4 heteroatoms. The van der Waals surface area contributed by atoms with E-state index in [0.29, 0.717) is 6.04 Å². The zero-order valence-electron chi connectivity index (χ0n) is 11.8. The van der Waals surface area contributed by atoms with Gasteiger partial charge in [0, 0.05) is 33.0 Å². The van der Waals surface area contributed by atoms with Crippen LogP contribution in [0.1, 0.15) is 36.6 Å². The highest BCUT2D eigenvalue weighted by atomic mass is 79.9. The largest absolute Gasteiger partial charge is 0.493 e. The SMILES string of the molecule is CC(NC1CCOc2ccccc21)c1ccc(Br)cc1Br. The molecule has 1 heterocycles. The number of hydrogen-bond acceptors (Lipinski definition) is 2. The van der Waals surface area contributed by atoms with Gasteiger partial charge in [-0.15, -0.1) is 0 Å². The Balaban J connectivity index is 1.81. The molecular formula is C17H17Br2NO. The third-order valence-corrected chi connectivity index (χ3v) is 5.02. The number of hydrogen-bond donors (Lipinski definition) is 1. The Morgan fingerprint density at radius 3 is 2.81 bits per heavy atom. The first kappa shape index (κ1) is 15.1. The standard InChI is InChI=1S/C17H17Br2NO/c1-11(13-7-6-12(18)10-15(13)19)20-16-8-9-21-17-5-3-2-4-14(16)17/h2-7,10-11,16,20H,8-9H2,1H3. The molecule has 110 valence electrons. The molecule has 0 bridgehead atoms. The smallest absolute Gasteiger partial charge is 0.124 e. The summed E-state index contributed by atoms with van der Waals surface area (Å²) in [4.78, 5) is 0. The first-order chi connectivity index (χ1) is 10.1. The molecule has 3 rings (SSSR count). The Kier molecular flexibility index (Phi) is 4.67. The van der Waals surface area contributed by atoms with Crippen LogP contribution < -0.4 is 10.1 Å². The first-order valence-corrected chi connectivity index (χ1v) is 8.66. The van der Waals surface area contributed by atoms with Gasteiger partial charge in [0.25, 0.3) is 0 Å². The molecule has 0 radical (unpaired) electrons. The minimum atomic E-state index is 0.267. The fourth-order valence-corrected chi connectivity index (χ4v) is 4.15. The Bertz CT molecular complexity index is 644. The van der Waals surface area contributed by atoms with Crippen molar-refractivity contribution in [3.63, 3.8) is 0 Å². The lowest BCUT2D eigenvalue weighted by molar-refractivity contribution is 0.246. The van der Waals surface area contributed by atoms with Crippen molar-refractivity contribution in [3.05, 3.63) is 62.5 Å².